The molecule has 0 spiro atoms. The molecule has 0 atom stereocenters. The molecular weight excluding hydrogens is 218 g/mol. The van der Waals surface area contributed by atoms with Gasteiger partial charge in [0, 0.05) is 24.9 Å². The van der Waals surface area contributed by atoms with Crippen molar-refractivity contribution in [2.24, 2.45) is 0 Å². The van der Waals surface area contributed by atoms with Gasteiger partial charge in [-0.2, -0.15) is 0 Å². The largest absolute Gasteiger partial charge is 0.508 e. The number of aliphatic carboxylic acids is 1. The Labute approximate surface area is 101 Å². The van der Waals surface area contributed by atoms with Crippen molar-refractivity contribution in [1.29, 1.82) is 0 Å². The number of rotatable bonds is 5. The first-order chi connectivity index (χ1) is 8.04. The summed E-state index contributed by atoms with van der Waals surface area (Å²) in [5.74, 6) is -0.649. The van der Waals surface area contributed by atoms with E-state index >= 15 is 0 Å². The number of carbonyl (C=O) groups is 1. The third-order valence-electron chi connectivity index (χ3n) is 2.56. The van der Waals surface area contributed by atoms with Gasteiger partial charge in [-0.1, -0.05) is 13.0 Å². The number of likely N-dealkylation sites (N-methyl/N-ethyl adjacent to an activating group) is 1. The molecular formula is C13H17NO3. The quantitative estimate of drug-likeness (QED) is 0.768. The van der Waals surface area contributed by atoms with Crippen LogP contribution >= 0.6 is 0 Å². The second kappa shape index (κ2) is 5.94. The maximum atomic E-state index is 10.8. The Morgan fingerprint density at radius 3 is 2.41 bits per heavy atom. The summed E-state index contributed by atoms with van der Waals surface area (Å²) in [5, 5.41) is 18.0. The van der Waals surface area contributed by atoms with E-state index in [4.69, 9.17) is 10.2 Å². The second-order valence-electron chi connectivity index (χ2n) is 3.78. The number of hydrogen-bond donors (Lipinski definition) is 2. The Bertz CT molecular complexity index is 409. The molecule has 0 heterocycles. The number of phenolic OH excluding ortho intramolecular Hbond substituents is 1. The molecule has 0 bridgehead atoms. The molecule has 0 aliphatic rings. The van der Waals surface area contributed by atoms with Crippen molar-refractivity contribution in [3.05, 3.63) is 35.9 Å². The predicted octanol–water partition coefficient (Wildman–Crippen LogP) is 2.25. The van der Waals surface area contributed by atoms with E-state index in [1.54, 1.807) is 30.3 Å². The predicted molar refractivity (Wildman–Crippen MR) is 67.4 cm³/mol. The highest BCUT2D eigenvalue weighted by atomic mass is 16.4. The van der Waals surface area contributed by atoms with Crippen LogP contribution in [-0.4, -0.2) is 29.8 Å². The van der Waals surface area contributed by atoms with E-state index in [9.17, 15) is 4.79 Å². The van der Waals surface area contributed by atoms with Gasteiger partial charge in [0.25, 0.3) is 0 Å². The van der Waals surface area contributed by atoms with Crippen LogP contribution in [0.4, 0.5) is 5.69 Å². The maximum absolute atomic E-state index is 10.8. The monoisotopic (exact) mass is 235 g/mol. The lowest BCUT2D eigenvalue weighted by atomic mass is 10.2. The highest BCUT2D eigenvalue weighted by Crippen LogP contribution is 2.17. The zero-order valence-corrected chi connectivity index (χ0v) is 10.1. The lowest BCUT2D eigenvalue weighted by Gasteiger charge is -2.17. The van der Waals surface area contributed by atoms with E-state index in [0.717, 1.165) is 5.69 Å². The molecule has 17 heavy (non-hydrogen) atoms. The topological polar surface area (TPSA) is 60.8 Å². The first-order valence-corrected chi connectivity index (χ1v) is 5.47. The molecule has 0 aliphatic carbocycles. The number of anilines is 1. The van der Waals surface area contributed by atoms with Crippen LogP contribution in [0.5, 0.6) is 5.75 Å². The average Bonchev–Trinajstić information content (AvgIpc) is 2.30. The summed E-state index contributed by atoms with van der Waals surface area (Å²) >= 11 is 0. The molecule has 0 fully saturated rings. The van der Waals surface area contributed by atoms with E-state index in [1.165, 1.54) is 0 Å². The lowest BCUT2D eigenvalue weighted by molar-refractivity contribution is -0.132. The molecule has 0 saturated heterocycles. The molecule has 1 aromatic rings. The molecule has 0 unspecified atom stereocenters. The van der Waals surface area contributed by atoms with Gasteiger partial charge in [0.2, 0.25) is 0 Å². The summed E-state index contributed by atoms with van der Waals surface area (Å²) in [6, 6.07) is 6.78. The van der Waals surface area contributed by atoms with Crippen molar-refractivity contribution in [3.8, 4) is 5.75 Å². The van der Waals surface area contributed by atoms with Crippen molar-refractivity contribution >= 4 is 11.7 Å². The number of phenols is 1. The van der Waals surface area contributed by atoms with Crippen molar-refractivity contribution in [2.75, 3.05) is 18.5 Å². The summed E-state index contributed by atoms with van der Waals surface area (Å²) in [7, 11) is 1.87. The average molecular weight is 235 g/mol. The van der Waals surface area contributed by atoms with Crippen LogP contribution in [0.1, 0.15) is 13.3 Å². The van der Waals surface area contributed by atoms with Crippen LogP contribution in [-0.2, 0) is 4.79 Å². The van der Waals surface area contributed by atoms with Gasteiger partial charge in [-0.05, 0) is 30.7 Å². The normalized spacial score (nSPS) is 11.3. The van der Waals surface area contributed by atoms with Gasteiger partial charge in [0.05, 0.1) is 0 Å². The van der Waals surface area contributed by atoms with Gasteiger partial charge in [0.15, 0.2) is 0 Å². The number of carboxylic acid groups (broad SMARTS) is 1. The van der Waals surface area contributed by atoms with Crippen molar-refractivity contribution < 1.29 is 15.0 Å². The molecule has 4 nitrogen and oxygen atoms in total. The number of nitrogens with zero attached hydrogens (tertiary/aromatic N) is 1. The Hall–Kier alpha value is -1.97. The van der Waals surface area contributed by atoms with E-state index in [0.29, 0.717) is 18.5 Å². The van der Waals surface area contributed by atoms with Crippen LogP contribution in [0.15, 0.2) is 35.9 Å². The third kappa shape index (κ3) is 3.83. The molecule has 0 aliphatic heterocycles. The molecule has 92 valence electrons. The van der Waals surface area contributed by atoms with Crippen molar-refractivity contribution in [3.63, 3.8) is 0 Å². The number of hydrogen-bond acceptors (Lipinski definition) is 3. The minimum Gasteiger partial charge on any atom is -0.508 e. The zero-order chi connectivity index (χ0) is 12.8. The summed E-state index contributed by atoms with van der Waals surface area (Å²) in [4.78, 5) is 12.7. The molecule has 0 radical (unpaired) electrons. The first-order valence-electron chi connectivity index (χ1n) is 5.47. The Balaban J connectivity index is 2.69. The molecule has 2 N–H and O–H groups in total. The van der Waals surface area contributed by atoms with Gasteiger partial charge in [0.1, 0.15) is 5.75 Å². The second-order valence-corrected chi connectivity index (χ2v) is 3.78. The highest BCUT2D eigenvalue weighted by molar-refractivity contribution is 5.86. The Morgan fingerprint density at radius 2 is 1.94 bits per heavy atom. The van der Waals surface area contributed by atoms with Gasteiger partial charge < -0.3 is 15.1 Å². The smallest absolute Gasteiger partial charge is 0.331 e. The van der Waals surface area contributed by atoms with Crippen molar-refractivity contribution in [1.82, 2.24) is 0 Å². The molecule has 0 aromatic heterocycles. The molecule has 0 amide bonds. The van der Waals surface area contributed by atoms with E-state index < -0.39 is 5.97 Å². The van der Waals surface area contributed by atoms with E-state index in [1.807, 2.05) is 18.9 Å². The molecule has 1 aromatic carbocycles. The minimum absolute atomic E-state index is 0.220. The number of aromatic hydroxyl groups is 1. The fourth-order valence-corrected chi connectivity index (χ4v) is 1.44. The first kappa shape index (κ1) is 13.1. The molecule has 4 heteroatoms. The standard InChI is InChI=1S/C13H17NO3/c1-3-10(13(16)17)8-9-14(2)11-4-6-12(15)7-5-11/h4-8,15H,3,9H2,1-2H3,(H,16,17). The van der Waals surface area contributed by atoms with Crippen LogP contribution in [0.25, 0.3) is 0 Å². The fourth-order valence-electron chi connectivity index (χ4n) is 1.44. The van der Waals surface area contributed by atoms with Crippen LogP contribution in [0.2, 0.25) is 0 Å². The van der Waals surface area contributed by atoms with Crippen molar-refractivity contribution in [2.45, 2.75) is 13.3 Å². The van der Waals surface area contributed by atoms with E-state index in [-0.39, 0.29) is 5.75 Å². The Morgan fingerprint density at radius 1 is 1.35 bits per heavy atom. The van der Waals surface area contributed by atoms with Crippen LogP contribution in [0, 0.1) is 0 Å². The highest BCUT2D eigenvalue weighted by Gasteiger charge is 2.05. The number of carboxylic acids is 1. The molecule has 1 rings (SSSR count). The molecule has 0 saturated carbocycles. The maximum Gasteiger partial charge on any atom is 0.331 e. The van der Waals surface area contributed by atoms with Gasteiger partial charge >= 0.3 is 5.97 Å². The SMILES string of the molecule is CCC(=CCN(C)c1ccc(O)cc1)C(=O)O. The van der Waals surface area contributed by atoms with Crippen LogP contribution in [0.3, 0.4) is 0 Å². The summed E-state index contributed by atoms with van der Waals surface area (Å²) in [6.45, 7) is 2.35. The van der Waals surface area contributed by atoms with Gasteiger partial charge in [-0.15, -0.1) is 0 Å². The summed E-state index contributed by atoms with van der Waals surface area (Å²) < 4.78 is 0. The van der Waals surface area contributed by atoms with Gasteiger partial charge in [-0.3, -0.25) is 0 Å². The van der Waals surface area contributed by atoms with E-state index in [2.05, 4.69) is 0 Å². The lowest BCUT2D eigenvalue weighted by Crippen LogP contribution is -2.17. The summed E-state index contributed by atoms with van der Waals surface area (Å²) in [6.07, 6.45) is 2.22. The van der Waals surface area contributed by atoms with Crippen LogP contribution < -0.4 is 4.90 Å². The number of benzene rings is 1. The third-order valence-corrected chi connectivity index (χ3v) is 2.56. The zero-order valence-electron chi connectivity index (χ0n) is 10.1. The van der Waals surface area contributed by atoms with Gasteiger partial charge in [-0.25, -0.2) is 4.79 Å². The summed E-state index contributed by atoms with van der Waals surface area (Å²) in [5.41, 5.74) is 1.34. The fraction of sp³-hybridized carbons (Fsp3) is 0.308. The Kier molecular flexibility index (Phi) is 4.57. The minimum atomic E-state index is -0.869.